The first-order valence-electron chi connectivity index (χ1n) is 5.77. The van der Waals surface area contributed by atoms with Crippen molar-refractivity contribution >= 4 is 10.9 Å². The van der Waals surface area contributed by atoms with E-state index in [1.807, 2.05) is 0 Å². The zero-order valence-corrected chi connectivity index (χ0v) is 5.78. The molecule has 0 unspecified atom stereocenters. The van der Waals surface area contributed by atoms with Gasteiger partial charge in [-0.15, -0.1) is 0 Å². The Balaban J connectivity index is 2.56. The fraction of sp³-hybridized carbons (Fsp3) is 0.222. The monoisotopic (exact) mass is 151 g/mol. The molecule has 0 bridgehead atoms. The van der Waals surface area contributed by atoms with Crippen LogP contribution in [0.5, 0.6) is 0 Å². The van der Waals surface area contributed by atoms with Crippen LogP contribution < -0.4 is 0 Å². The highest BCUT2D eigenvalue weighted by molar-refractivity contribution is 5.77. The first-order valence-corrected chi connectivity index (χ1v) is 3.27. The topological polar surface area (TPSA) is 17.8 Å². The molecule has 1 heterocycles. The Kier molecular flexibility index (Phi) is 0.644. The summed E-state index contributed by atoms with van der Waals surface area (Å²) in [4.78, 5) is 0. The van der Waals surface area contributed by atoms with E-state index in [0.29, 0.717) is 5.52 Å². The molecule has 11 heavy (non-hydrogen) atoms. The Morgan fingerprint density at radius 2 is 2.55 bits per heavy atom. The maximum atomic E-state index is 7.56. The molecule has 0 N–H and O–H groups in total. The average Bonchev–Trinajstić information content (AvgIpc) is 2.59. The van der Waals surface area contributed by atoms with Crippen molar-refractivity contribution in [2.75, 3.05) is 0 Å². The van der Waals surface area contributed by atoms with Gasteiger partial charge in [-0.2, -0.15) is 5.10 Å². The number of aryl methyl sites for hydroxylation is 1. The molecule has 56 valence electrons. The maximum Gasteiger partial charge on any atom is 0.0923 e. The van der Waals surface area contributed by atoms with Crippen LogP contribution in [-0.4, -0.2) is 9.78 Å². The quantitative estimate of drug-likeness (QED) is 0.610. The highest BCUT2D eigenvalue weighted by Gasteiger charge is 1.95. The lowest BCUT2D eigenvalue weighted by Crippen LogP contribution is -1.92. The van der Waals surface area contributed by atoms with E-state index in [1.54, 1.807) is 24.3 Å². The molecule has 0 aliphatic rings. The van der Waals surface area contributed by atoms with Gasteiger partial charge in [0, 0.05) is 22.2 Å². The van der Waals surface area contributed by atoms with Gasteiger partial charge in [-0.05, 0) is 12.9 Å². The lowest BCUT2D eigenvalue weighted by Gasteiger charge is -1.88. The SMILES string of the molecule is [2H]C([2H])([2H])C([2H])([2H])n1cc2ccccc2n1. The van der Waals surface area contributed by atoms with E-state index in [0.717, 1.165) is 10.1 Å². The van der Waals surface area contributed by atoms with Crippen LogP contribution in [0.15, 0.2) is 30.5 Å². The van der Waals surface area contributed by atoms with Crippen molar-refractivity contribution in [3.8, 4) is 0 Å². The fourth-order valence-electron chi connectivity index (χ4n) is 1.02. The van der Waals surface area contributed by atoms with Gasteiger partial charge < -0.3 is 0 Å². The van der Waals surface area contributed by atoms with Gasteiger partial charge in [-0.1, -0.05) is 18.2 Å². The minimum absolute atomic E-state index is 0.579. The van der Waals surface area contributed by atoms with Crippen molar-refractivity contribution in [2.24, 2.45) is 0 Å². The molecule has 1 aromatic carbocycles. The predicted octanol–water partition coefficient (Wildman–Crippen LogP) is 2.06. The van der Waals surface area contributed by atoms with Crippen LogP contribution in [0.3, 0.4) is 0 Å². The van der Waals surface area contributed by atoms with Crippen molar-refractivity contribution < 1.29 is 6.85 Å². The van der Waals surface area contributed by atoms with Gasteiger partial charge in [-0.25, -0.2) is 0 Å². The van der Waals surface area contributed by atoms with Gasteiger partial charge in [-0.3, -0.25) is 4.68 Å². The third kappa shape index (κ3) is 1.00. The molecule has 2 aromatic rings. The predicted molar refractivity (Wildman–Crippen MR) is 45.4 cm³/mol. The Labute approximate surface area is 72.5 Å². The molecule has 2 heteroatoms. The van der Waals surface area contributed by atoms with Crippen molar-refractivity contribution in [3.05, 3.63) is 30.5 Å². The minimum atomic E-state index is -2.74. The van der Waals surface area contributed by atoms with Crippen molar-refractivity contribution in [2.45, 2.75) is 13.3 Å². The molecule has 0 spiro atoms. The molecule has 0 saturated carbocycles. The average molecular weight is 151 g/mol. The van der Waals surface area contributed by atoms with Crippen LogP contribution >= 0.6 is 0 Å². The summed E-state index contributed by atoms with van der Waals surface area (Å²) in [6, 6.07) is 7.03. The molecule has 0 aliphatic carbocycles. The molecular weight excluding hydrogens is 136 g/mol. The Hall–Kier alpha value is -1.31. The maximum absolute atomic E-state index is 7.56. The van der Waals surface area contributed by atoms with Gasteiger partial charge in [0.1, 0.15) is 0 Å². The number of nitrogens with zero attached hydrogens (tertiary/aromatic N) is 2. The van der Waals surface area contributed by atoms with Gasteiger partial charge >= 0.3 is 0 Å². The van der Waals surface area contributed by atoms with Crippen molar-refractivity contribution in [1.82, 2.24) is 9.78 Å². The van der Waals surface area contributed by atoms with E-state index in [-0.39, 0.29) is 0 Å². The molecule has 0 atom stereocenters. The molecule has 0 radical (unpaired) electrons. The second kappa shape index (κ2) is 2.38. The summed E-state index contributed by atoms with van der Waals surface area (Å²) in [7, 11) is 0. The van der Waals surface area contributed by atoms with E-state index in [4.69, 9.17) is 6.85 Å². The van der Waals surface area contributed by atoms with Crippen LogP contribution in [0, 0.1) is 0 Å². The van der Waals surface area contributed by atoms with Gasteiger partial charge in [0.2, 0.25) is 0 Å². The van der Waals surface area contributed by atoms with Crippen molar-refractivity contribution in [3.63, 3.8) is 0 Å². The lowest BCUT2D eigenvalue weighted by atomic mass is 10.3. The van der Waals surface area contributed by atoms with Gasteiger partial charge in [0.05, 0.1) is 8.26 Å². The summed E-state index contributed by atoms with van der Waals surface area (Å²) in [6.07, 6.45) is 1.40. The second-order valence-electron chi connectivity index (χ2n) is 2.24. The number of hydrogen-bond acceptors (Lipinski definition) is 1. The highest BCUT2D eigenvalue weighted by atomic mass is 15.3. The Morgan fingerprint density at radius 3 is 3.36 bits per heavy atom. The third-order valence-electron chi connectivity index (χ3n) is 1.53. The van der Waals surface area contributed by atoms with E-state index in [2.05, 4.69) is 5.10 Å². The Morgan fingerprint density at radius 1 is 1.64 bits per heavy atom. The largest absolute Gasteiger partial charge is 0.272 e. The molecule has 0 aliphatic heterocycles. The number of aromatic nitrogens is 2. The molecule has 2 rings (SSSR count). The number of hydrogen-bond donors (Lipinski definition) is 0. The lowest BCUT2D eigenvalue weighted by molar-refractivity contribution is 0.668. The van der Waals surface area contributed by atoms with E-state index < -0.39 is 13.3 Å². The summed E-state index contributed by atoms with van der Waals surface area (Å²) in [6.45, 7) is -5.24. The molecule has 2 nitrogen and oxygen atoms in total. The third-order valence-corrected chi connectivity index (χ3v) is 1.53. The van der Waals surface area contributed by atoms with E-state index in [9.17, 15) is 0 Å². The van der Waals surface area contributed by atoms with Crippen LogP contribution in [0.25, 0.3) is 10.9 Å². The minimum Gasteiger partial charge on any atom is -0.272 e. The Bertz CT molecular complexity index is 481. The zero-order valence-electron chi connectivity index (χ0n) is 10.8. The normalized spacial score (nSPS) is 19.8. The van der Waals surface area contributed by atoms with Gasteiger partial charge in [0.25, 0.3) is 0 Å². The summed E-state index contributed by atoms with van der Waals surface area (Å²) in [5, 5.41) is 4.65. The zero-order chi connectivity index (χ0) is 12.0. The van der Waals surface area contributed by atoms with Crippen LogP contribution in [-0.2, 0) is 6.50 Å². The summed E-state index contributed by atoms with van der Waals surface area (Å²) in [5.41, 5.74) is 0.579. The molecular formula is C9H10N2. The molecule has 0 amide bonds. The van der Waals surface area contributed by atoms with E-state index >= 15 is 0 Å². The van der Waals surface area contributed by atoms with Crippen LogP contribution in [0.1, 0.15) is 13.7 Å². The second-order valence-corrected chi connectivity index (χ2v) is 2.24. The first kappa shape index (κ1) is 2.97. The first-order chi connectivity index (χ1) is 7.32. The van der Waals surface area contributed by atoms with Gasteiger partial charge in [0.15, 0.2) is 0 Å². The van der Waals surface area contributed by atoms with Crippen LogP contribution in [0.4, 0.5) is 0 Å². The summed E-state index contributed by atoms with van der Waals surface area (Å²) < 4.78 is 37.4. The number of rotatable bonds is 1. The standard InChI is InChI=1S/C9H10N2/c1-2-11-7-8-5-3-4-6-9(8)10-11/h3-7H,2H2,1H3/i1D3,2D2. The van der Waals surface area contributed by atoms with E-state index in [1.165, 1.54) is 6.20 Å². The molecule has 0 fully saturated rings. The fourth-order valence-corrected chi connectivity index (χ4v) is 1.02. The summed E-state index contributed by atoms with van der Waals surface area (Å²) in [5.74, 6) is 0. The van der Waals surface area contributed by atoms with Crippen LogP contribution in [0.2, 0.25) is 0 Å². The number of benzene rings is 1. The summed E-state index contributed by atoms with van der Waals surface area (Å²) >= 11 is 0. The molecule has 1 aromatic heterocycles. The number of fused-ring (bicyclic) bond motifs is 1. The van der Waals surface area contributed by atoms with Crippen molar-refractivity contribution in [1.29, 1.82) is 0 Å². The smallest absolute Gasteiger partial charge is 0.0923 e. The highest BCUT2D eigenvalue weighted by Crippen LogP contribution is 2.09. The molecule has 0 saturated heterocycles.